The Balaban J connectivity index is 2.04. The standard InChI is InChI=1S/C15H15ClFN3O2S/c16-13-4-3-12(17)8-15(13)23(21,22)20-7-6-19-10-14(20)11-2-1-5-18-9-11/h1-5,8-9,14,19H,6-7,10H2. The van der Waals surface area contributed by atoms with Crippen LogP contribution in [0.15, 0.2) is 47.6 Å². The minimum atomic E-state index is -3.92. The minimum Gasteiger partial charge on any atom is -0.313 e. The lowest BCUT2D eigenvalue weighted by Gasteiger charge is -2.35. The summed E-state index contributed by atoms with van der Waals surface area (Å²) in [5.41, 5.74) is 0.774. The van der Waals surface area contributed by atoms with Crippen molar-refractivity contribution in [1.29, 1.82) is 0 Å². The van der Waals surface area contributed by atoms with Crippen LogP contribution in [-0.2, 0) is 10.0 Å². The first-order valence-corrected chi connectivity index (χ1v) is 8.89. The molecule has 0 radical (unpaired) electrons. The maximum Gasteiger partial charge on any atom is 0.245 e. The van der Waals surface area contributed by atoms with Crippen LogP contribution in [-0.4, -0.2) is 37.3 Å². The van der Waals surface area contributed by atoms with Crippen LogP contribution in [0.3, 0.4) is 0 Å². The molecular formula is C15H15ClFN3O2S. The number of nitrogens with zero attached hydrogens (tertiary/aromatic N) is 2. The maximum absolute atomic E-state index is 13.5. The molecular weight excluding hydrogens is 341 g/mol. The second-order valence-electron chi connectivity index (χ2n) is 5.20. The van der Waals surface area contributed by atoms with E-state index >= 15 is 0 Å². The van der Waals surface area contributed by atoms with Crippen LogP contribution in [0.2, 0.25) is 5.02 Å². The molecule has 8 heteroatoms. The number of rotatable bonds is 3. The van der Waals surface area contributed by atoms with E-state index in [9.17, 15) is 12.8 Å². The summed E-state index contributed by atoms with van der Waals surface area (Å²) in [4.78, 5) is 3.83. The van der Waals surface area contributed by atoms with E-state index in [-0.39, 0.29) is 16.5 Å². The zero-order valence-corrected chi connectivity index (χ0v) is 13.7. The molecule has 1 unspecified atom stereocenters. The Hall–Kier alpha value is -1.54. The van der Waals surface area contributed by atoms with Crippen molar-refractivity contribution in [2.75, 3.05) is 19.6 Å². The maximum atomic E-state index is 13.5. The first kappa shape index (κ1) is 16.3. The van der Waals surface area contributed by atoms with Crippen LogP contribution in [0.1, 0.15) is 11.6 Å². The molecule has 2 heterocycles. The fraction of sp³-hybridized carbons (Fsp3) is 0.267. The quantitative estimate of drug-likeness (QED) is 0.917. The van der Waals surface area contributed by atoms with Crippen LogP contribution in [0.4, 0.5) is 4.39 Å². The van der Waals surface area contributed by atoms with E-state index in [0.29, 0.717) is 13.1 Å². The van der Waals surface area contributed by atoms with Gasteiger partial charge in [0.25, 0.3) is 0 Å². The smallest absolute Gasteiger partial charge is 0.245 e. The molecule has 1 aliphatic heterocycles. The molecule has 23 heavy (non-hydrogen) atoms. The monoisotopic (exact) mass is 355 g/mol. The Morgan fingerprint density at radius 3 is 2.91 bits per heavy atom. The normalized spacial score (nSPS) is 19.7. The van der Waals surface area contributed by atoms with Gasteiger partial charge < -0.3 is 5.32 Å². The molecule has 0 aliphatic carbocycles. The van der Waals surface area contributed by atoms with E-state index < -0.39 is 21.9 Å². The van der Waals surface area contributed by atoms with E-state index in [2.05, 4.69) is 10.3 Å². The molecule has 0 amide bonds. The molecule has 1 saturated heterocycles. The van der Waals surface area contributed by atoms with Gasteiger partial charge in [-0.1, -0.05) is 17.7 Å². The number of halogens is 2. The summed E-state index contributed by atoms with van der Waals surface area (Å²) in [5, 5.41) is 3.18. The number of nitrogens with one attached hydrogen (secondary N) is 1. The van der Waals surface area contributed by atoms with E-state index in [1.807, 2.05) is 6.07 Å². The predicted molar refractivity (Wildman–Crippen MR) is 85.1 cm³/mol. The molecule has 0 spiro atoms. The third kappa shape index (κ3) is 3.23. The lowest BCUT2D eigenvalue weighted by molar-refractivity contribution is 0.271. The number of pyridine rings is 1. The highest BCUT2D eigenvalue weighted by Crippen LogP contribution is 2.32. The summed E-state index contributed by atoms with van der Waals surface area (Å²) in [6.07, 6.45) is 3.26. The Labute approximate surface area is 139 Å². The third-order valence-electron chi connectivity index (χ3n) is 3.74. The van der Waals surface area contributed by atoms with Crippen molar-refractivity contribution >= 4 is 21.6 Å². The number of hydrogen-bond donors (Lipinski definition) is 1. The number of hydrogen-bond acceptors (Lipinski definition) is 4. The fourth-order valence-corrected chi connectivity index (χ4v) is 4.73. The fourth-order valence-electron chi connectivity index (χ4n) is 2.63. The van der Waals surface area contributed by atoms with Gasteiger partial charge in [-0.05, 0) is 29.8 Å². The zero-order chi connectivity index (χ0) is 16.4. The number of aromatic nitrogens is 1. The van der Waals surface area contributed by atoms with Crippen LogP contribution in [0.5, 0.6) is 0 Å². The molecule has 1 atom stereocenters. The zero-order valence-electron chi connectivity index (χ0n) is 12.1. The van der Waals surface area contributed by atoms with Crippen LogP contribution < -0.4 is 5.32 Å². The van der Waals surface area contributed by atoms with Gasteiger partial charge >= 0.3 is 0 Å². The van der Waals surface area contributed by atoms with Gasteiger partial charge in [-0.3, -0.25) is 4.98 Å². The molecule has 0 bridgehead atoms. The van der Waals surface area contributed by atoms with Crippen molar-refractivity contribution < 1.29 is 12.8 Å². The van der Waals surface area contributed by atoms with Gasteiger partial charge in [0.2, 0.25) is 10.0 Å². The highest BCUT2D eigenvalue weighted by molar-refractivity contribution is 7.89. The molecule has 3 rings (SSSR count). The summed E-state index contributed by atoms with van der Waals surface area (Å²) in [6, 6.07) is 6.51. The van der Waals surface area contributed by atoms with Gasteiger partial charge in [-0.15, -0.1) is 0 Å². The van der Waals surface area contributed by atoms with Gasteiger partial charge in [-0.2, -0.15) is 4.31 Å². The first-order valence-electron chi connectivity index (χ1n) is 7.07. The average molecular weight is 356 g/mol. The van der Waals surface area contributed by atoms with Crippen molar-refractivity contribution in [3.8, 4) is 0 Å². The first-order chi connectivity index (χ1) is 11.0. The Morgan fingerprint density at radius 2 is 2.17 bits per heavy atom. The Kier molecular flexibility index (Phi) is 4.63. The van der Waals surface area contributed by atoms with Gasteiger partial charge in [0.15, 0.2) is 0 Å². The van der Waals surface area contributed by atoms with Gasteiger partial charge in [0.1, 0.15) is 10.7 Å². The highest BCUT2D eigenvalue weighted by atomic mass is 35.5. The van der Waals surface area contributed by atoms with Gasteiger partial charge in [-0.25, -0.2) is 12.8 Å². The number of benzene rings is 1. The SMILES string of the molecule is O=S(=O)(c1cc(F)ccc1Cl)N1CCNCC1c1cccnc1. The van der Waals surface area contributed by atoms with Crippen molar-refractivity contribution in [2.24, 2.45) is 0 Å². The van der Waals surface area contributed by atoms with Crippen molar-refractivity contribution in [2.45, 2.75) is 10.9 Å². The summed E-state index contributed by atoms with van der Waals surface area (Å²) in [7, 11) is -3.92. The lowest BCUT2D eigenvalue weighted by atomic mass is 10.1. The molecule has 122 valence electrons. The van der Waals surface area contributed by atoms with Crippen molar-refractivity contribution in [3.05, 3.63) is 59.1 Å². The lowest BCUT2D eigenvalue weighted by Crippen LogP contribution is -2.48. The van der Waals surface area contributed by atoms with E-state index in [1.165, 1.54) is 10.4 Å². The number of sulfonamides is 1. The number of piperazine rings is 1. The summed E-state index contributed by atoms with van der Waals surface area (Å²) in [5.74, 6) is -0.638. The van der Waals surface area contributed by atoms with Crippen LogP contribution in [0, 0.1) is 5.82 Å². The molecule has 2 aromatic rings. The van der Waals surface area contributed by atoms with Crippen LogP contribution in [0.25, 0.3) is 0 Å². The summed E-state index contributed by atoms with van der Waals surface area (Å²) >= 11 is 5.99. The van der Waals surface area contributed by atoms with Crippen molar-refractivity contribution in [1.82, 2.24) is 14.6 Å². The second-order valence-corrected chi connectivity index (χ2v) is 7.46. The van der Waals surface area contributed by atoms with Crippen LogP contribution >= 0.6 is 11.6 Å². The Morgan fingerprint density at radius 1 is 1.35 bits per heavy atom. The van der Waals surface area contributed by atoms with E-state index in [4.69, 9.17) is 11.6 Å². The molecule has 1 aliphatic rings. The molecule has 1 N–H and O–H groups in total. The molecule has 1 aromatic heterocycles. The highest BCUT2D eigenvalue weighted by Gasteiger charge is 2.35. The molecule has 0 saturated carbocycles. The summed E-state index contributed by atoms with van der Waals surface area (Å²) in [6.45, 7) is 1.25. The van der Waals surface area contributed by atoms with Crippen molar-refractivity contribution in [3.63, 3.8) is 0 Å². The summed E-state index contributed by atoms with van der Waals surface area (Å²) < 4.78 is 40.8. The minimum absolute atomic E-state index is 0.00914. The molecule has 1 aromatic carbocycles. The Bertz CT molecular complexity index is 802. The molecule has 5 nitrogen and oxygen atoms in total. The third-order valence-corrected chi connectivity index (χ3v) is 6.13. The predicted octanol–water partition coefficient (Wildman–Crippen LogP) is 2.21. The van der Waals surface area contributed by atoms with E-state index in [0.717, 1.165) is 17.7 Å². The molecule has 1 fully saturated rings. The van der Waals surface area contributed by atoms with E-state index in [1.54, 1.807) is 18.5 Å². The topological polar surface area (TPSA) is 62.3 Å². The van der Waals surface area contributed by atoms with Gasteiger partial charge in [0.05, 0.1) is 11.1 Å². The largest absolute Gasteiger partial charge is 0.313 e. The second kappa shape index (κ2) is 6.52. The average Bonchev–Trinajstić information content (AvgIpc) is 2.58. The van der Waals surface area contributed by atoms with Gasteiger partial charge in [0, 0.05) is 32.0 Å².